The van der Waals surface area contributed by atoms with Gasteiger partial charge in [-0.1, -0.05) is 170 Å². The zero-order valence-electron chi connectivity index (χ0n) is 30.1. The van der Waals surface area contributed by atoms with Crippen molar-refractivity contribution in [2.45, 2.75) is 12.8 Å². The van der Waals surface area contributed by atoms with Crippen LogP contribution in [0.2, 0.25) is 0 Å². The third-order valence-corrected chi connectivity index (χ3v) is 10.2. The van der Waals surface area contributed by atoms with Gasteiger partial charge >= 0.3 is 0 Å². The van der Waals surface area contributed by atoms with Crippen LogP contribution < -0.4 is 9.80 Å². The van der Waals surface area contributed by atoms with E-state index >= 15 is 0 Å². The molecule has 2 heteroatoms. The van der Waals surface area contributed by atoms with Crippen LogP contribution >= 0.6 is 0 Å². The average Bonchev–Trinajstić information content (AvgIpc) is 3.24. The van der Waals surface area contributed by atoms with Gasteiger partial charge in [-0.05, 0) is 94.4 Å². The maximum Gasteiger partial charge on any atom is 0.0788 e. The van der Waals surface area contributed by atoms with Crippen molar-refractivity contribution in [2.24, 2.45) is 0 Å². The highest BCUT2D eigenvalue weighted by atomic mass is 15.2. The number of para-hydroxylation sites is 2. The maximum absolute atomic E-state index is 2.45. The van der Waals surface area contributed by atoms with E-state index in [1.165, 1.54) is 43.8 Å². The largest absolute Gasteiger partial charge is 0.308 e. The van der Waals surface area contributed by atoms with Crippen molar-refractivity contribution < 1.29 is 0 Å². The van der Waals surface area contributed by atoms with Gasteiger partial charge in [0.1, 0.15) is 0 Å². The van der Waals surface area contributed by atoms with E-state index in [1.54, 1.807) is 0 Å². The number of hydrogen-bond acceptors (Lipinski definition) is 2. The van der Waals surface area contributed by atoms with E-state index < -0.39 is 0 Å². The first-order chi connectivity index (χ1) is 26.8. The molecule has 54 heavy (non-hydrogen) atoms. The quantitative estimate of drug-likeness (QED) is 0.104. The van der Waals surface area contributed by atoms with Crippen molar-refractivity contribution >= 4 is 55.7 Å². The molecule has 2 nitrogen and oxygen atoms in total. The fraction of sp³-hybridized carbons (Fsp3) is 0.0385. The number of rotatable bonds is 10. The van der Waals surface area contributed by atoms with Crippen LogP contribution in [0.25, 0.3) is 21.5 Å². The summed E-state index contributed by atoms with van der Waals surface area (Å²) in [6.07, 6.45) is 1.78. The Balaban J connectivity index is 1.29. The summed E-state index contributed by atoms with van der Waals surface area (Å²) in [6, 6.07) is 79.0. The van der Waals surface area contributed by atoms with Gasteiger partial charge in [-0.25, -0.2) is 0 Å². The zero-order chi connectivity index (χ0) is 36.1. The molecule has 0 atom stereocenters. The second-order valence-electron chi connectivity index (χ2n) is 13.8. The zero-order valence-corrected chi connectivity index (χ0v) is 30.1. The third kappa shape index (κ3) is 6.62. The van der Waals surface area contributed by atoms with Gasteiger partial charge in [0.2, 0.25) is 0 Å². The molecule has 0 heterocycles. The van der Waals surface area contributed by atoms with Crippen LogP contribution in [0.3, 0.4) is 0 Å². The summed E-state index contributed by atoms with van der Waals surface area (Å²) in [4.78, 5) is 4.91. The molecule has 0 amide bonds. The van der Waals surface area contributed by atoms with Crippen molar-refractivity contribution in [2.75, 3.05) is 9.80 Å². The molecule has 0 saturated carbocycles. The van der Waals surface area contributed by atoms with E-state index in [9.17, 15) is 0 Å². The fourth-order valence-corrected chi connectivity index (χ4v) is 7.71. The summed E-state index contributed by atoms with van der Waals surface area (Å²) < 4.78 is 0. The molecule has 0 fully saturated rings. The van der Waals surface area contributed by atoms with Gasteiger partial charge in [0, 0.05) is 33.5 Å². The fourth-order valence-electron chi connectivity index (χ4n) is 7.71. The van der Waals surface area contributed by atoms with Crippen LogP contribution in [0.1, 0.15) is 22.3 Å². The molecule has 9 rings (SSSR count). The molecule has 258 valence electrons. The molecule has 0 radical (unpaired) electrons. The van der Waals surface area contributed by atoms with E-state index in [2.05, 4.69) is 228 Å². The molecule has 9 aromatic rings. The van der Waals surface area contributed by atoms with Crippen molar-refractivity contribution in [1.82, 2.24) is 0 Å². The Morgan fingerprint density at radius 2 is 0.481 bits per heavy atom. The van der Waals surface area contributed by atoms with Crippen molar-refractivity contribution in [3.63, 3.8) is 0 Å². The van der Waals surface area contributed by atoms with Gasteiger partial charge in [-0.15, -0.1) is 0 Å². The molecule has 9 aromatic carbocycles. The Kier molecular flexibility index (Phi) is 9.15. The number of fused-ring (bicyclic) bond motifs is 3. The van der Waals surface area contributed by atoms with Crippen molar-refractivity contribution in [3.05, 3.63) is 241 Å². The lowest BCUT2D eigenvalue weighted by Crippen LogP contribution is -2.18. The predicted octanol–water partition coefficient (Wildman–Crippen LogP) is 14.1. The Morgan fingerprint density at radius 3 is 0.833 bits per heavy atom. The lowest BCUT2D eigenvalue weighted by Gasteiger charge is -2.35. The lowest BCUT2D eigenvalue weighted by molar-refractivity contribution is 1.18. The van der Waals surface area contributed by atoms with E-state index in [0.717, 1.165) is 47.0 Å². The molecule has 0 aromatic heterocycles. The van der Waals surface area contributed by atoms with Gasteiger partial charge < -0.3 is 9.80 Å². The summed E-state index contributed by atoms with van der Waals surface area (Å²) in [5.74, 6) is 0. The van der Waals surface area contributed by atoms with E-state index in [1.807, 2.05) is 0 Å². The first-order valence-electron chi connectivity index (χ1n) is 18.7. The minimum atomic E-state index is 0.888. The smallest absolute Gasteiger partial charge is 0.0788 e. The molecule has 0 spiro atoms. The van der Waals surface area contributed by atoms with Gasteiger partial charge in [0.15, 0.2) is 0 Å². The number of anilines is 6. The van der Waals surface area contributed by atoms with Crippen LogP contribution in [0.5, 0.6) is 0 Å². The van der Waals surface area contributed by atoms with Gasteiger partial charge in [0.25, 0.3) is 0 Å². The number of benzene rings is 9. The maximum atomic E-state index is 2.45. The van der Waals surface area contributed by atoms with E-state index in [4.69, 9.17) is 0 Å². The Morgan fingerprint density at radius 1 is 0.222 bits per heavy atom. The van der Waals surface area contributed by atoms with Crippen molar-refractivity contribution in [3.8, 4) is 0 Å². The second-order valence-corrected chi connectivity index (χ2v) is 13.8. The molecule has 0 aliphatic heterocycles. The SMILES string of the molecule is c1ccc(Cc2ccc(N(c3ccccc3)c3c(N(c4ccccc4)c4ccc(Cc5ccccc5)cc4)c4ccccc4c4ccccc34)cc2)cc1. The molecule has 0 aliphatic carbocycles. The normalized spacial score (nSPS) is 11.1. The summed E-state index contributed by atoms with van der Waals surface area (Å²) in [6.45, 7) is 0. The number of nitrogens with zero attached hydrogens (tertiary/aromatic N) is 2. The first kappa shape index (κ1) is 33.0. The van der Waals surface area contributed by atoms with Gasteiger partial charge in [-0.2, -0.15) is 0 Å². The Bertz CT molecular complexity index is 2430. The molecule has 0 bridgehead atoms. The monoisotopic (exact) mass is 692 g/mol. The van der Waals surface area contributed by atoms with Gasteiger partial charge in [0.05, 0.1) is 11.4 Å². The summed E-state index contributed by atoms with van der Waals surface area (Å²) in [5, 5.41) is 4.81. The van der Waals surface area contributed by atoms with E-state index in [0.29, 0.717) is 0 Å². The molecule has 0 aliphatic rings. The third-order valence-electron chi connectivity index (χ3n) is 10.2. The molecular weight excluding hydrogens is 653 g/mol. The van der Waals surface area contributed by atoms with E-state index in [-0.39, 0.29) is 0 Å². The average molecular weight is 693 g/mol. The Labute approximate surface area is 317 Å². The predicted molar refractivity (Wildman–Crippen MR) is 229 cm³/mol. The summed E-state index contributed by atoms with van der Waals surface area (Å²) in [5.41, 5.74) is 11.8. The molecule has 0 unspecified atom stereocenters. The minimum Gasteiger partial charge on any atom is -0.308 e. The minimum absolute atomic E-state index is 0.888. The lowest BCUT2D eigenvalue weighted by atomic mass is 9.95. The second kappa shape index (κ2) is 15.0. The molecule has 0 saturated heterocycles. The highest BCUT2D eigenvalue weighted by molar-refractivity contribution is 6.23. The summed E-state index contributed by atoms with van der Waals surface area (Å²) in [7, 11) is 0. The van der Waals surface area contributed by atoms with Crippen molar-refractivity contribution in [1.29, 1.82) is 0 Å². The highest BCUT2D eigenvalue weighted by Gasteiger charge is 2.27. The molecule has 0 N–H and O–H groups in total. The topological polar surface area (TPSA) is 6.48 Å². The Hall–Kier alpha value is -6.90. The standard InChI is InChI=1S/C52H40N2/c1-5-17-39(18-6-1)37-41-29-33-45(34-30-41)53(43-21-9-3-10-22-43)51-49-27-15-13-25-47(49)48-26-14-16-28-50(48)52(51)54(44-23-11-4-12-24-44)46-35-31-42(32-36-46)38-40-19-7-2-8-20-40/h1-36H,37-38H2. The van der Waals surface area contributed by atoms with Crippen LogP contribution in [0.15, 0.2) is 218 Å². The van der Waals surface area contributed by atoms with Crippen LogP contribution in [-0.4, -0.2) is 0 Å². The highest BCUT2D eigenvalue weighted by Crippen LogP contribution is 2.53. The first-order valence-corrected chi connectivity index (χ1v) is 18.7. The van der Waals surface area contributed by atoms with Crippen LogP contribution in [0, 0.1) is 0 Å². The number of hydrogen-bond donors (Lipinski definition) is 0. The van der Waals surface area contributed by atoms with Crippen LogP contribution in [0.4, 0.5) is 34.1 Å². The van der Waals surface area contributed by atoms with Gasteiger partial charge in [-0.3, -0.25) is 0 Å². The molecular formula is C52H40N2. The van der Waals surface area contributed by atoms with Crippen LogP contribution in [-0.2, 0) is 12.8 Å². The summed E-state index contributed by atoms with van der Waals surface area (Å²) >= 11 is 0.